The molecule has 9 heteroatoms. The molecule has 0 aliphatic carbocycles. The zero-order valence-electron chi connectivity index (χ0n) is 17.1. The number of nitrogens with one attached hydrogen (secondary N) is 1. The van der Waals surface area contributed by atoms with Crippen LogP contribution in [0.15, 0.2) is 53.6 Å². The van der Waals surface area contributed by atoms with Crippen LogP contribution in [0.1, 0.15) is 31.3 Å². The molecule has 1 amide bonds. The lowest BCUT2D eigenvalue weighted by Crippen LogP contribution is -2.30. The highest BCUT2D eigenvalue weighted by Crippen LogP contribution is 2.29. The molecule has 2 aromatic carbocycles. The van der Waals surface area contributed by atoms with E-state index < -0.39 is 15.9 Å². The summed E-state index contributed by atoms with van der Waals surface area (Å²) >= 11 is 0. The number of carbonyl (C=O) groups is 1. The number of benzene rings is 2. The maximum atomic E-state index is 12.9. The van der Waals surface area contributed by atoms with Gasteiger partial charge in [-0.2, -0.15) is 4.31 Å². The summed E-state index contributed by atoms with van der Waals surface area (Å²) in [4.78, 5) is 21.4. The van der Waals surface area contributed by atoms with Crippen molar-refractivity contribution in [3.63, 3.8) is 0 Å². The first kappa shape index (κ1) is 21.7. The molecule has 0 radical (unpaired) electrons. The molecule has 0 atom stereocenters. The van der Waals surface area contributed by atoms with Crippen LogP contribution in [0, 0.1) is 0 Å². The highest BCUT2D eigenvalue weighted by atomic mass is 32.2. The Kier molecular flexibility index (Phi) is 6.63. The van der Waals surface area contributed by atoms with E-state index in [2.05, 4.69) is 15.3 Å². The Balaban J connectivity index is 1.97. The highest BCUT2D eigenvalue weighted by molar-refractivity contribution is 7.89. The van der Waals surface area contributed by atoms with Crippen LogP contribution in [0.25, 0.3) is 11.0 Å². The molecular formula is C21H24N4O4S. The predicted molar refractivity (Wildman–Crippen MR) is 115 cm³/mol. The fourth-order valence-electron chi connectivity index (χ4n) is 3.01. The van der Waals surface area contributed by atoms with Gasteiger partial charge in [0, 0.05) is 13.1 Å². The van der Waals surface area contributed by atoms with E-state index in [0.717, 1.165) is 0 Å². The number of nitrogens with zero attached hydrogens (tertiary/aromatic N) is 3. The molecule has 30 heavy (non-hydrogen) atoms. The first-order valence-electron chi connectivity index (χ1n) is 9.70. The van der Waals surface area contributed by atoms with Gasteiger partial charge < -0.3 is 10.1 Å². The van der Waals surface area contributed by atoms with E-state index >= 15 is 0 Å². The SMILES string of the molecule is CCOc1ccc(S(=O)(=O)N(CC)CC)cc1NC(=O)c1cnc2ccccc2n1. The number of carbonyl (C=O) groups excluding carboxylic acids is 1. The number of anilines is 1. The number of para-hydroxylation sites is 2. The smallest absolute Gasteiger partial charge is 0.275 e. The Bertz CT molecular complexity index is 1160. The molecular weight excluding hydrogens is 404 g/mol. The number of sulfonamides is 1. The van der Waals surface area contributed by atoms with Gasteiger partial charge in [-0.25, -0.2) is 13.4 Å². The van der Waals surface area contributed by atoms with Crippen molar-refractivity contribution in [1.29, 1.82) is 0 Å². The molecule has 0 aliphatic heterocycles. The van der Waals surface area contributed by atoms with Crippen molar-refractivity contribution < 1.29 is 17.9 Å². The van der Waals surface area contributed by atoms with Gasteiger partial charge in [0.1, 0.15) is 11.4 Å². The summed E-state index contributed by atoms with van der Waals surface area (Å²) in [5.74, 6) is -0.135. The lowest BCUT2D eigenvalue weighted by Gasteiger charge is -2.20. The number of aromatic nitrogens is 2. The van der Waals surface area contributed by atoms with Gasteiger partial charge in [0.25, 0.3) is 5.91 Å². The summed E-state index contributed by atoms with van der Waals surface area (Å²) < 4.78 is 32.7. The largest absolute Gasteiger partial charge is 0.492 e. The number of hydrogen-bond acceptors (Lipinski definition) is 6. The van der Waals surface area contributed by atoms with Crippen molar-refractivity contribution in [3.8, 4) is 5.75 Å². The third kappa shape index (κ3) is 4.42. The van der Waals surface area contributed by atoms with Crippen molar-refractivity contribution >= 4 is 32.7 Å². The molecule has 1 aromatic heterocycles. The van der Waals surface area contributed by atoms with Crippen molar-refractivity contribution in [2.75, 3.05) is 25.0 Å². The minimum Gasteiger partial charge on any atom is -0.492 e. The topological polar surface area (TPSA) is 101 Å². The third-order valence-corrected chi connectivity index (χ3v) is 6.57. The quantitative estimate of drug-likeness (QED) is 0.591. The van der Waals surface area contributed by atoms with E-state index in [0.29, 0.717) is 36.5 Å². The number of amides is 1. The Morgan fingerprint density at radius 2 is 1.77 bits per heavy atom. The maximum Gasteiger partial charge on any atom is 0.275 e. The van der Waals surface area contributed by atoms with Gasteiger partial charge in [-0.15, -0.1) is 0 Å². The molecule has 0 aliphatic rings. The minimum atomic E-state index is -3.69. The average molecular weight is 429 g/mol. The van der Waals surface area contributed by atoms with Crippen LogP contribution in [0.2, 0.25) is 0 Å². The van der Waals surface area contributed by atoms with Gasteiger partial charge in [-0.3, -0.25) is 9.78 Å². The molecule has 0 saturated carbocycles. The van der Waals surface area contributed by atoms with Crippen LogP contribution >= 0.6 is 0 Å². The molecule has 1 heterocycles. The summed E-state index contributed by atoms with van der Waals surface area (Å²) in [6.07, 6.45) is 1.38. The summed E-state index contributed by atoms with van der Waals surface area (Å²) in [5.41, 5.74) is 1.64. The van der Waals surface area contributed by atoms with E-state index in [9.17, 15) is 13.2 Å². The van der Waals surface area contributed by atoms with Gasteiger partial charge in [-0.05, 0) is 37.3 Å². The Morgan fingerprint density at radius 1 is 1.07 bits per heavy atom. The fourth-order valence-corrected chi connectivity index (χ4v) is 4.50. The van der Waals surface area contributed by atoms with Crippen molar-refractivity contribution in [3.05, 3.63) is 54.4 Å². The molecule has 0 spiro atoms. The second-order valence-electron chi connectivity index (χ2n) is 6.38. The summed E-state index contributed by atoms with van der Waals surface area (Å²) in [6.45, 7) is 6.41. The van der Waals surface area contributed by atoms with Crippen LogP contribution in [-0.4, -0.2) is 48.3 Å². The molecule has 0 fully saturated rings. The highest BCUT2D eigenvalue weighted by Gasteiger charge is 2.23. The zero-order valence-corrected chi connectivity index (χ0v) is 17.9. The normalized spacial score (nSPS) is 11.6. The zero-order chi connectivity index (χ0) is 21.7. The lowest BCUT2D eigenvalue weighted by molar-refractivity contribution is 0.102. The molecule has 3 rings (SSSR count). The van der Waals surface area contributed by atoms with E-state index in [4.69, 9.17) is 4.74 Å². The van der Waals surface area contributed by atoms with Crippen LogP contribution in [0.3, 0.4) is 0 Å². The van der Waals surface area contributed by atoms with Crippen LogP contribution < -0.4 is 10.1 Å². The average Bonchev–Trinajstić information content (AvgIpc) is 2.75. The van der Waals surface area contributed by atoms with Gasteiger partial charge in [0.15, 0.2) is 0 Å². The number of hydrogen-bond donors (Lipinski definition) is 1. The lowest BCUT2D eigenvalue weighted by atomic mass is 10.2. The van der Waals surface area contributed by atoms with E-state index in [1.165, 1.54) is 22.6 Å². The second-order valence-corrected chi connectivity index (χ2v) is 8.32. The van der Waals surface area contributed by atoms with Gasteiger partial charge in [0.05, 0.1) is 34.4 Å². The summed E-state index contributed by atoms with van der Waals surface area (Å²) in [6, 6.07) is 11.7. The number of ether oxygens (including phenoxy) is 1. The molecule has 3 aromatic rings. The Hall–Kier alpha value is -3.04. The molecule has 0 bridgehead atoms. The molecule has 158 valence electrons. The van der Waals surface area contributed by atoms with Gasteiger partial charge >= 0.3 is 0 Å². The van der Waals surface area contributed by atoms with E-state index in [1.54, 1.807) is 39.0 Å². The van der Waals surface area contributed by atoms with Crippen LogP contribution in [0.5, 0.6) is 5.75 Å². The standard InChI is InChI=1S/C21H24N4O4S/c1-4-25(5-2)30(27,28)15-11-12-20(29-6-3)18(13-15)24-21(26)19-14-22-16-9-7-8-10-17(16)23-19/h7-14H,4-6H2,1-3H3,(H,24,26). The third-order valence-electron chi connectivity index (χ3n) is 4.52. The van der Waals surface area contributed by atoms with Crippen LogP contribution in [-0.2, 0) is 10.0 Å². The predicted octanol–water partition coefficient (Wildman–Crippen LogP) is 3.31. The summed E-state index contributed by atoms with van der Waals surface area (Å²) in [5, 5.41) is 2.71. The molecule has 1 N–H and O–H groups in total. The van der Waals surface area contributed by atoms with E-state index in [-0.39, 0.29) is 16.3 Å². The van der Waals surface area contributed by atoms with E-state index in [1.807, 2.05) is 12.1 Å². The number of fused-ring (bicyclic) bond motifs is 1. The Labute approximate surface area is 176 Å². The van der Waals surface area contributed by atoms with Crippen molar-refractivity contribution in [2.45, 2.75) is 25.7 Å². The summed E-state index contributed by atoms with van der Waals surface area (Å²) in [7, 11) is -3.69. The molecule has 0 saturated heterocycles. The molecule has 8 nitrogen and oxygen atoms in total. The van der Waals surface area contributed by atoms with Crippen LogP contribution in [0.4, 0.5) is 5.69 Å². The maximum absolute atomic E-state index is 12.9. The second kappa shape index (κ2) is 9.19. The van der Waals surface area contributed by atoms with Gasteiger partial charge in [-0.1, -0.05) is 26.0 Å². The Morgan fingerprint density at radius 3 is 2.43 bits per heavy atom. The van der Waals surface area contributed by atoms with Gasteiger partial charge in [0.2, 0.25) is 10.0 Å². The molecule has 0 unspecified atom stereocenters. The van der Waals surface area contributed by atoms with Crippen molar-refractivity contribution in [1.82, 2.24) is 14.3 Å². The first-order chi connectivity index (χ1) is 14.4. The van der Waals surface area contributed by atoms with Crippen molar-refractivity contribution in [2.24, 2.45) is 0 Å². The number of rotatable bonds is 8. The monoisotopic (exact) mass is 428 g/mol. The minimum absolute atomic E-state index is 0.0783. The fraction of sp³-hybridized carbons (Fsp3) is 0.286. The first-order valence-corrected chi connectivity index (χ1v) is 11.1.